The molecule has 6 heteroatoms. The van der Waals surface area contributed by atoms with Crippen LogP contribution in [0.25, 0.3) is 0 Å². The van der Waals surface area contributed by atoms with E-state index in [0.717, 1.165) is 12.8 Å². The van der Waals surface area contributed by atoms with Crippen molar-refractivity contribution in [2.75, 3.05) is 19.6 Å². The second-order valence-corrected chi connectivity index (χ2v) is 11.7. The molecule has 3 amide bonds. The first-order valence-corrected chi connectivity index (χ1v) is 13.5. The number of amides is 3. The molecule has 2 saturated heterocycles. The lowest BCUT2D eigenvalue weighted by molar-refractivity contribution is -0.171. The van der Waals surface area contributed by atoms with Crippen LogP contribution in [-0.4, -0.2) is 70.2 Å². The zero-order valence-corrected chi connectivity index (χ0v) is 22.6. The number of hydrogen-bond acceptors (Lipinski definition) is 3. The molecule has 3 rings (SSSR count). The third-order valence-electron chi connectivity index (χ3n) is 7.24. The highest BCUT2D eigenvalue weighted by atomic mass is 16.2. The minimum Gasteiger partial charge on any atom is -0.338 e. The Bertz CT molecular complexity index is 867. The molecule has 2 aliphatic rings. The van der Waals surface area contributed by atoms with Gasteiger partial charge in [-0.3, -0.25) is 14.4 Å². The van der Waals surface area contributed by atoms with E-state index in [1.807, 2.05) is 32.9 Å². The summed E-state index contributed by atoms with van der Waals surface area (Å²) in [5, 5.41) is 0. The van der Waals surface area contributed by atoms with Gasteiger partial charge < -0.3 is 14.7 Å². The molecular formula is C29H45N3O3. The molecule has 0 radical (unpaired) electrons. The van der Waals surface area contributed by atoms with Crippen LogP contribution in [0.1, 0.15) is 72.8 Å². The van der Waals surface area contributed by atoms with Gasteiger partial charge in [-0.25, -0.2) is 0 Å². The molecule has 3 atom stereocenters. The van der Waals surface area contributed by atoms with E-state index in [2.05, 4.69) is 53.7 Å². The largest absolute Gasteiger partial charge is 0.338 e. The van der Waals surface area contributed by atoms with Crippen molar-refractivity contribution >= 4 is 17.7 Å². The fraction of sp³-hybridized carbons (Fsp3) is 0.690. The summed E-state index contributed by atoms with van der Waals surface area (Å²) in [6.07, 6.45) is 3.37. The molecule has 1 aromatic rings. The van der Waals surface area contributed by atoms with Crippen LogP contribution < -0.4 is 0 Å². The molecule has 1 aromatic carbocycles. The first-order valence-electron chi connectivity index (χ1n) is 13.5. The molecule has 0 unspecified atom stereocenters. The fourth-order valence-electron chi connectivity index (χ4n) is 5.43. The molecule has 0 aliphatic carbocycles. The quantitative estimate of drug-likeness (QED) is 0.496. The van der Waals surface area contributed by atoms with Crippen LogP contribution in [-0.2, 0) is 20.8 Å². The summed E-state index contributed by atoms with van der Waals surface area (Å²) < 4.78 is 0. The van der Waals surface area contributed by atoms with Gasteiger partial charge in [-0.1, -0.05) is 71.9 Å². The first-order chi connectivity index (χ1) is 16.6. The molecule has 2 aliphatic heterocycles. The predicted octanol–water partition coefficient (Wildman–Crippen LogP) is 4.38. The second-order valence-electron chi connectivity index (χ2n) is 11.7. The zero-order chi connectivity index (χ0) is 25.7. The van der Waals surface area contributed by atoms with Gasteiger partial charge in [0.05, 0.1) is 6.04 Å². The van der Waals surface area contributed by atoms with Crippen LogP contribution in [0.4, 0.5) is 0 Å². The Morgan fingerprint density at radius 1 is 0.857 bits per heavy atom. The summed E-state index contributed by atoms with van der Waals surface area (Å²) in [5.41, 5.74) is 1.20. The summed E-state index contributed by atoms with van der Waals surface area (Å²) in [5.74, 6) is 1.12. The Morgan fingerprint density at radius 2 is 1.49 bits per heavy atom. The topological polar surface area (TPSA) is 60.9 Å². The third kappa shape index (κ3) is 6.86. The van der Waals surface area contributed by atoms with Crippen LogP contribution in [0.3, 0.4) is 0 Å². The summed E-state index contributed by atoms with van der Waals surface area (Å²) in [7, 11) is 0. The maximum atomic E-state index is 13.9. The molecule has 0 bridgehead atoms. The maximum absolute atomic E-state index is 13.9. The third-order valence-corrected chi connectivity index (χ3v) is 7.24. The van der Waals surface area contributed by atoms with Crippen LogP contribution in [0, 0.1) is 17.8 Å². The first kappa shape index (κ1) is 27.2. The number of carbonyl (C=O) groups is 3. The van der Waals surface area contributed by atoms with Crippen molar-refractivity contribution in [3.8, 4) is 0 Å². The van der Waals surface area contributed by atoms with Crippen LogP contribution >= 0.6 is 0 Å². The van der Waals surface area contributed by atoms with Gasteiger partial charge >= 0.3 is 0 Å². The molecule has 2 fully saturated rings. The zero-order valence-electron chi connectivity index (χ0n) is 22.6. The Hall–Kier alpha value is -2.37. The SMILES string of the molecule is CC(C)CCC(=O)N1C[C@H]2CN(CCc3ccccc3)C(=O)[C@H](CC(C)C)N2C(=O)[C@@H]1CC(C)C. The average Bonchev–Trinajstić information content (AvgIpc) is 2.80. The van der Waals surface area contributed by atoms with Crippen molar-refractivity contribution in [2.24, 2.45) is 17.8 Å². The summed E-state index contributed by atoms with van der Waals surface area (Å²) in [6.45, 7) is 14.3. The molecule has 0 saturated carbocycles. The Morgan fingerprint density at radius 3 is 2.09 bits per heavy atom. The molecule has 6 nitrogen and oxygen atoms in total. The van der Waals surface area contributed by atoms with Gasteiger partial charge in [0.1, 0.15) is 12.1 Å². The van der Waals surface area contributed by atoms with Crippen LogP contribution in [0.2, 0.25) is 0 Å². The smallest absolute Gasteiger partial charge is 0.246 e. The summed E-state index contributed by atoms with van der Waals surface area (Å²) in [6, 6.07) is 9.15. The molecular weight excluding hydrogens is 438 g/mol. The van der Waals surface area contributed by atoms with Crippen molar-refractivity contribution in [2.45, 2.75) is 91.8 Å². The van der Waals surface area contributed by atoms with E-state index in [4.69, 9.17) is 0 Å². The molecule has 2 heterocycles. The number of hydrogen-bond donors (Lipinski definition) is 0. The number of rotatable bonds is 10. The lowest BCUT2D eigenvalue weighted by Gasteiger charge is -2.53. The van der Waals surface area contributed by atoms with Gasteiger partial charge in [0.25, 0.3) is 0 Å². The summed E-state index contributed by atoms with van der Waals surface area (Å²) in [4.78, 5) is 46.6. The number of benzene rings is 1. The van der Waals surface area contributed by atoms with E-state index < -0.39 is 12.1 Å². The fourth-order valence-corrected chi connectivity index (χ4v) is 5.43. The number of piperazine rings is 2. The van der Waals surface area contributed by atoms with Crippen molar-refractivity contribution in [3.05, 3.63) is 35.9 Å². The molecule has 0 spiro atoms. The maximum Gasteiger partial charge on any atom is 0.246 e. The normalized spacial score (nSPS) is 23.0. The number of carbonyl (C=O) groups excluding carboxylic acids is 3. The minimum atomic E-state index is -0.468. The highest BCUT2D eigenvalue weighted by Gasteiger charge is 2.50. The highest BCUT2D eigenvalue weighted by Crippen LogP contribution is 2.31. The lowest BCUT2D eigenvalue weighted by atomic mass is 9.89. The van der Waals surface area contributed by atoms with Gasteiger partial charge in [0.15, 0.2) is 0 Å². The highest BCUT2D eigenvalue weighted by molar-refractivity contribution is 5.94. The average molecular weight is 484 g/mol. The molecule has 0 aromatic heterocycles. The van der Waals surface area contributed by atoms with E-state index >= 15 is 0 Å². The Balaban J connectivity index is 1.86. The standard InChI is InChI=1S/C29H45N3O3/c1-20(2)12-13-27(33)31-19-24-18-30(15-14-23-10-8-7-9-11-23)28(34)26(17-22(5)6)32(24)29(35)25(31)16-21(3)4/h7-11,20-22,24-26H,12-19H2,1-6H3/t24-,25+,26+/m1/s1. The van der Waals surface area contributed by atoms with Gasteiger partial charge in [0, 0.05) is 26.1 Å². The van der Waals surface area contributed by atoms with Gasteiger partial charge in [-0.2, -0.15) is 0 Å². The van der Waals surface area contributed by atoms with Crippen molar-refractivity contribution < 1.29 is 14.4 Å². The van der Waals surface area contributed by atoms with Crippen LogP contribution in [0.15, 0.2) is 30.3 Å². The van der Waals surface area contributed by atoms with Crippen LogP contribution in [0.5, 0.6) is 0 Å². The predicted molar refractivity (Wildman–Crippen MR) is 140 cm³/mol. The molecule has 35 heavy (non-hydrogen) atoms. The van der Waals surface area contributed by atoms with E-state index in [1.54, 1.807) is 0 Å². The van der Waals surface area contributed by atoms with Gasteiger partial charge in [-0.15, -0.1) is 0 Å². The van der Waals surface area contributed by atoms with Crippen molar-refractivity contribution in [1.29, 1.82) is 0 Å². The van der Waals surface area contributed by atoms with Gasteiger partial charge in [-0.05, 0) is 49.0 Å². The Kier molecular flexibility index (Phi) is 9.37. The van der Waals surface area contributed by atoms with E-state index in [1.165, 1.54) is 5.56 Å². The molecule has 194 valence electrons. The van der Waals surface area contributed by atoms with Crippen molar-refractivity contribution in [1.82, 2.24) is 14.7 Å². The minimum absolute atomic E-state index is 0.0328. The van der Waals surface area contributed by atoms with Gasteiger partial charge in [0.2, 0.25) is 17.7 Å². The Labute approximate surface area is 212 Å². The van der Waals surface area contributed by atoms with E-state index in [-0.39, 0.29) is 29.7 Å². The van der Waals surface area contributed by atoms with E-state index in [9.17, 15) is 14.4 Å². The van der Waals surface area contributed by atoms with Crippen molar-refractivity contribution in [3.63, 3.8) is 0 Å². The van der Waals surface area contributed by atoms with E-state index in [0.29, 0.717) is 50.7 Å². The summed E-state index contributed by atoms with van der Waals surface area (Å²) >= 11 is 0. The number of nitrogens with zero attached hydrogens (tertiary/aromatic N) is 3. The molecule has 0 N–H and O–H groups in total. The monoisotopic (exact) mass is 483 g/mol. The lowest BCUT2D eigenvalue weighted by Crippen LogP contribution is -2.73. The second kappa shape index (κ2) is 12.0. The number of fused-ring (bicyclic) bond motifs is 1.